The number of hydrogen-bond acceptors (Lipinski definition) is 4. The maximum absolute atomic E-state index is 13.1. The first-order valence-electron chi connectivity index (χ1n) is 9.40. The van der Waals surface area contributed by atoms with Gasteiger partial charge in [-0.3, -0.25) is 0 Å². The number of hydrogen-bond donors (Lipinski definition) is 2. The number of rotatable bonds is 3. The van der Waals surface area contributed by atoms with Crippen molar-refractivity contribution >= 4 is 45.3 Å². The topological polar surface area (TPSA) is 50.4 Å². The Morgan fingerprint density at radius 3 is 2.22 bits per heavy atom. The third-order valence-corrected chi connectivity index (χ3v) is 6.35. The number of carbonyl (C=O) groups excluding carboxylic acids is 1. The van der Waals surface area contributed by atoms with Gasteiger partial charge < -0.3 is 15.4 Å². The van der Waals surface area contributed by atoms with Gasteiger partial charge in [-0.15, -0.1) is 11.3 Å². The molecule has 1 aromatic carbocycles. The summed E-state index contributed by atoms with van der Waals surface area (Å²) in [6.07, 6.45) is -7.68. The zero-order chi connectivity index (χ0) is 23.8. The molecule has 0 bridgehead atoms. The summed E-state index contributed by atoms with van der Waals surface area (Å²) in [7, 11) is 1.22. The van der Waals surface area contributed by atoms with Crippen LogP contribution >= 0.6 is 23.6 Å². The lowest BCUT2D eigenvalue weighted by atomic mass is 9.88. The van der Waals surface area contributed by atoms with Crippen molar-refractivity contribution in [3.8, 4) is 0 Å². The number of esters is 1. The van der Waals surface area contributed by atoms with E-state index in [0.717, 1.165) is 23.3 Å². The van der Waals surface area contributed by atoms with Crippen molar-refractivity contribution in [1.82, 2.24) is 0 Å². The molecule has 12 heteroatoms. The second-order valence-corrected chi connectivity index (χ2v) is 8.93. The molecule has 0 radical (unpaired) electrons. The molecule has 0 fully saturated rings. The summed E-state index contributed by atoms with van der Waals surface area (Å²) in [6, 6.07) is 1.10. The lowest BCUT2D eigenvalue weighted by molar-refractivity contribution is -0.143. The molecule has 0 saturated carbocycles. The summed E-state index contributed by atoms with van der Waals surface area (Å²) in [5, 5.41) is 5.18. The summed E-state index contributed by atoms with van der Waals surface area (Å²) in [5.74, 6) is -0.184. The van der Waals surface area contributed by atoms with Gasteiger partial charge in [0.25, 0.3) is 0 Å². The summed E-state index contributed by atoms with van der Waals surface area (Å²) in [5.41, 5.74) is -2.31. The number of fused-ring (bicyclic) bond motifs is 1. The van der Waals surface area contributed by atoms with Gasteiger partial charge in [-0.05, 0) is 61.2 Å². The molecule has 1 aromatic heterocycles. The minimum atomic E-state index is -4.98. The Kier molecular flexibility index (Phi) is 6.75. The highest BCUT2D eigenvalue weighted by Crippen LogP contribution is 2.41. The van der Waals surface area contributed by atoms with Gasteiger partial charge in [0.05, 0.1) is 23.8 Å². The van der Waals surface area contributed by atoms with E-state index >= 15 is 0 Å². The number of nitrogens with one attached hydrogen (secondary N) is 2. The van der Waals surface area contributed by atoms with Crippen LogP contribution in [0.15, 0.2) is 18.2 Å². The molecule has 1 unspecified atom stereocenters. The Labute approximate surface area is 188 Å². The zero-order valence-electron chi connectivity index (χ0n) is 16.8. The van der Waals surface area contributed by atoms with Crippen molar-refractivity contribution in [1.29, 1.82) is 0 Å². The molecule has 0 saturated heterocycles. The molecule has 2 N–H and O–H groups in total. The van der Waals surface area contributed by atoms with E-state index in [9.17, 15) is 31.1 Å². The highest BCUT2D eigenvalue weighted by Gasteiger charge is 2.37. The Hall–Kier alpha value is -2.34. The van der Waals surface area contributed by atoms with E-state index in [0.29, 0.717) is 29.5 Å². The van der Waals surface area contributed by atoms with Crippen LogP contribution in [-0.2, 0) is 29.9 Å². The molecule has 1 heterocycles. The highest BCUT2D eigenvalue weighted by molar-refractivity contribution is 7.80. The lowest BCUT2D eigenvalue weighted by Gasteiger charge is -2.18. The quantitative estimate of drug-likeness (QED) is 0.288. The Balaban J connectivity index is 1.90. The molecule has 1 aliphatic carbocycles. The van der Waals surface area contributed by atoms with E-state index in [1.807, 2.05) is 0 Å². The van der Waals surface area contributed by atoms with Crippen LogP contribution in [0.5, 0.6) is 0 Å². The first-order chi connectivity index (χ1) is 14.8. The van der Waals surface area contributed by atoms with Crippen molar-refractivity contribution in [2.75, 3.05) is 17.7 Å². The lowest BCUT2D eigenvalue weighted by Crippen LogP contribution is -2.21. The normalized spacial score (nSPS) is 16.3. The number of alkyl halides is 6. The fraction of sp³-hybridized carbons (Fsp3) is 0.400. The first-order valence-corrected chi connectivity index (χ1v) is 10.6. The first kappa shape index (κ1) is 24.3. The van der Waals surface area contributed by atoms with Crippen LogP contribution in [0.25, 0.3) is 0 Å². The van der Waals surface area contributed by atoms with Crippen LogP contribution in [-0.4, -0.2) is 18.2 Å². The minimum Gasteiger partial charge on any atom is -0.465 e. The largest absolute Gasteiger partial charge is 0.465 e. The van der Waals surface area contributed by atoms with Crippen LogP contribution in [0.3, 0.4) is 0 Å². The van der Waals surface area contributed by atoms with Crippen molar-refractivity contribution in [2.24, 2.45) is 5.92 Å². The van der Waals surface area contributed by atoms with E-state index < -0.39 is 35.1 Å². The van der Waals surface area contributed by atoms with Gasteiger partial charge in [-0.1, -0.05) is 6.92 Å². The van der Waals surface area contributed by atoms with E-state index in [1.165, 1.54) is 18.4 Å². The molecule has 4 nitrogen and oxygen atoms in total. The van der Waals surface area contributed by atoms with Crippen LogP contribution in [0, 0.1) is 5.92 Å². The summed E-state index contributed by atoms with van der Waals surface area (Å²) in [4.78, 5) is 13.3. The number of thiocarbonyl (C=S) groups is 1. The fourth-order valence-electron chi connectivity index (χ4n) is 3.45. The molecule has 32 heavy (non-hydrogen) atoms. The molecule has 1 aliphatic rings. The number of ether oxygens (including phenoxy) is 1. The molecule has 174 valence electrons. The molecular formula is C20H18F6N2O2S2. The maximum atomic E-state index is 13.1. The van der Waals surface area contributed by atoms with E-state index in [-0.39, 0.29) is 16.7 Å². The number of carbonyl (C=O) groups is 1. The van der Waals surface area contributed by atoms with E-state index in [2.05, 4.69) is 17.6 Å². The van der Waals surface area contributed by atoms with Crippen LogP contribution in [0.4, 0.5) is 37.0 Å². The molecule has 0 aliphatic heterocycles. The van der Waals surface area contributed by atoms with Crippen LogP contribution in [0.1, 0.15) is 45.3 Å². The summed E-state index contributed by atoms with van der Waals surface area (Å²) < 4.78 is 83.3. The van der Waals surface area contributed by atoms with Gasteiger partial charge in [0.1, 0.15) is 5.00 Å². The van der Waals surface area contributed by atoms with E-state index in [4.69, 9.17) is 17.0 Å². The predicted molar refractivity (Wildman–Crippen MR) is 113 cm³/mol. The summed E-state index contributed by atoms with van der Waals surface area (Å²) in [6.45, 7) is 2.08. The SMILES string of the molecule is COC(=O)c1c(NC(=S)Nc2cc(C(F)(F)F)cc(C(F)(F)F)c2)sc2c1CCC(C)C2. The van der Waals surface area contributed by atoms with Gasteiger partial charge in [0.15, 0.2) is 5.11 Å². The van der Waals surface area contributed by atoms with Crippen molar-refractivity contribution in [3.63, 3.8) is 0 Å². The minimum absolute atomic E-state index is 0.0332. The van der Waals surface area contributed by atoms with Gasteiger partial charge in [-0.25, -0.2) is 4.79 Å². The zero-order valence-corrected chi connectivity index (χ0v) is 18.5. The second-order valence-electron chi connectivity index (χ2n) is 7.42. The van der Waals surface area contributed by atoms with Gasteiger partial charge in [0, 0.05) is 10.6 Å². The third-order valence-electron chi connectivity index (χ3n) is 4.97. The van der Waals surface area contributed by atoms with E-state index in [1.54, 1.807) is 0 Å². The number of benzene rings is 1. The molecule has 0 amide bonds. The smallest absolute Gasteiger partial charge is 0.416 e. The van der Waals surface area contributed by atoms with Crippen LogP contribution < -0.4 is 10.6 Å². The maximum Gasteiger partial charge on any atom is 0.416 e. The average molecular weight is 496 g/mol. The monoisotopic (exact) mass is 496 g/mol. The fourth-order valence-corrected chi connectivity index (χ4v) is 5.14. The predicted octanol–water partition coefficient (Wildman–Crippen LogP) is 6.51. The van der Waals surface area contributed by atoms with Crippen molar-refractivity contribution < 1.29 is 35.9 Å². The molecule has 2 aromatic rings. The highest BCUT2D eigenvalue weighted by atomic mass is 32.1. The summed E-state index contributed by atoms with van der Waals surface area (Å²) >= 11 is 6.37. The standard InChI is InChI=1S/C20H18F6N2O2S2/c1-9-3-4-13-14(5-9)32-16(15(13)17(29)30-2)28-18(31)27-12-7-10(19(21,22)23)6-11(8-12)20(24,25)26/h6-9H,3-5H2,1-2H3,(H2,27,28,31). The van der Waals surface area contributed by atoms with Gasteiger partial charge >= 0.3 is 18.3 Å². The number of anilines is 2. The Morgan fingerprint density at radius 2 is 1.69 bits per heavy atom. The van der Waals surface area contributed by atoms with Crippen LogP contribution in [0.2, 0.25) is 0 Å². The Bertz CT molecular complexity index is 1010. The molecular weight excluding hydrogens is 478 g/mol. The number of halogens is 6. The van der Waals surface area contributed by atoms with Crippen molar-refractivity contribution in [2.45, 2.75) is 38.5 Å². The number of methoxy groups -OCH3 is 1. The molecule has 3 rings (SSSR count). The third kappa shape index (κ3) is 5.34. The Morgan fingerprint density at radius 1 is 1.09 bits per heavy atom. The average Bonchev–Trinajstić information content (AvgIpc) is 3.02. The van der Waals surface area contributed by atoms with Gasteiger partial charge in [0.2, 0.25) is 0 Å². The molecule has 1 atom stereocenters. The second kappa shape index (κ2) is 8.89. The van der Waals surface area contributed by atoms with Gasteiger partial charge in [-0.2, -0.15) is 26.3 Å². The number of thiophene rings is 1. The van der Waals surface area contributed by atoms with Crippen molar-refractivity contribution in [3.05, 3.63) is 45.3 Å². The molecule has 0 spiro atoms.